The average molecular weight is 303 g/mol. The van der Waals surface area contributed by atoms with Crippen molar-refractivity contribution in [3.05, 3.63) is 77.9 Å². The largest absolute Gasteiger partial charge is 0.453 e. The van der Waals surface area contributed by atoms with Crippen molar-refractivity contribution in [2.75, 3.05) is 6.54 Å². The molecule has 0 amide bonds. The van der Waals surface area contributed by atoms with Crippen LogP contribution in [0.4, 0.5) is 0 Å². The minimum Gasteiger partial charge on any atom is -0.453 e. The van der Waals surface area contributed by atoms with E-state index in [0.29, 0.717) is 12.6 Å². The predicted molar refractivity (Wildman–Crippen MR) is 91.1 cm³/mol. The number of aryl methyl sites for hydroxylation is 1. The van der Waals surface area contributed by atoms with Crippen LogP contribution in [0.5, 0.6) is 0 Å². The van der Waals surface area contributed by atoms with Crippen LogP contribution in [0.3, 0.4) is 0 Å². The van der Waals surface area contributed by atoms with E-state index < -0.39 is 0 Å². The van der Waals surface area contributed by atoms with Gasteiger partial charge in [0.1, 0.15) is 11.6 Å². The van der Waals surface area contributed by atoms with Crippen LogP contribution in [-0.2, 0) is 11.8 Å². The second-order valence-electron chi connectivity index (χ2n) is 5.58. The number of aliphatic imine (C=N–C) groups is 1. The fourth-order valence-electron chi connectivity index (χ4n) is 2.85. The van der Waals surface area contributed by atoms with Gasteiger partial charge in [-0.15, -0.1) is 0 Å². The third kappa shape index (κ3) is 2.63. The number of nitrogens with zero attached hydrogens (tertiary/aromatic N) is 3. The lowest BCUT2D eigenvalue weighted by atomic mass is 10.0. The Labute approximate surface area is 134 Å². The first-order chi connectivity index (χ1) is 11.3. The Morgan fingerprint density at radius 1 is 1.04 bits per heavy atom. The zero-order valence-corrected chi connectivity index (χ0v) is 12.9. The number of benzene rings is 2. The molecule has 114 valence electrons. The van der Waals surface area contributed by atoms with Crippen LogP contribution >= 0.6 is 0 Å². The molecule has 0 saturated heterocycles. The fraction of sp³-hybridized carbons (Fsp3) is 0.158. The van der Waals surface area contributed by atoms with Gasteiger partial charge in [-0.1, -0.05) is 48.5 Å². The van der Waals surface area contributed by atoms with E-state index in [2.05, 4.69) is 46.4 Å². The Morgan fingerprint density at radius 3 is 2.78 bits per heavy atom. The molecule has 1 aromatic heterocycles. The minimum absolute atomic E-state index is 0.0751. The highest BCUT2D eigenvalue weighted by Gasteiger charge is 2.22. The number of aromatic nitrogens is 1. The molecular formula is C19H17N3O. The summed E-state index contributed by atoms with van der Waals surface area (Å²) in [6, 6.07) is 20.9. The molecule has 4 heteroatoms. The van der Waals surface area contributed by atoms with Crippen LogP contribution in [0.2, 0.25) is 0 Å². The zero-order chi connectivity index (χ0) is 15.6. The van der Waals surface area contributed by atoms with Crippen molar-refractivity contribution in [2.45, 2.75) is 6.10 Å². The van der Waals surface area contributed by atoms with Crippen molar-refractivity contribution in [2.24, 2.45) is 17.0 Å². The first-order valence-corrected chi connectivity index (χ1v) is 7.66. The van der Waals surface area contributed by atoms with Gasteiger partial charge in [0, 0.05) is 18.8 Å². The van der Waals surface area contributed by atoms with Gasteiger partial charge in [0.05, 0.1) is 6.54 Å². The Bertz CT molecular complexity index is 950. The summed E-state index contributed by atoms with van der Waals surface area (Å²) in [5.74, 6) is 0. The molecule has 1 unspecified atom stereocenters. The normalized spacial score (nSPS) is 18.0. The smallest absolute Gasteiger partial charge is 0.314 e. The lowest BCUT2D eigenvalue weighted by molar-refractivity contribution is 0.227. The van der Waals surface area contributed by atoms with Crippen molar-refractivity contribution < 1.29 is 4.74 Å². The van der Waals surface area contributed by atoms with Gasteiger partial charge in [0.15, 0.2) is 0 Å². The number of hydrogen-bond acceptors (Lipinski definition) is 3. The lowest BCUT2D eigenvalue weighted by Gasteiger charge is -2.13. The Balaban J connectivity index is 1.65. The van der Waals surface area contributed by atoms with Crippen LogP contribution in [0.1, 0.15) is 11.7 Å². The molecule has 0 bridgehead atoms. The van der Waals surface area contributed by atoms with Gasteiger partial charge >= 0.3 is 6.02 Å². The first kappa shape index (κ1) is 13.8. The van der Waals surface area contributed by atoms with Crippen molar-refractivity contribution in [1.29, 1.82) is 0 Å². The van der Waals surface area contributed by atoms with E-state index in [-0.39, 0.29) is 6.10 Å². The second-order valence-corrected chi connectivity index (χ2v) is 5.58. The SMILES string of the molecule is Cn1cccc/c1=N\C1=NCC(c2cccc3ccccc23)O1. The fourth-order valence-corrected chi connectivity index (χ4v) is 2.85. The number of fused-ring (bicyclic) bond motifs is 1. The van der Waals surface area contributed by atoms with E-state index in [0.717, 1.165) is 11.1 Å². The standard InChI is InChI=1S/C19H17N3O/c1-22-12-5-4-11-18(22)21-19-20-13-17(23-19)16-10-6-8-14-7-2-3-9-15(14)16/h2-12,17H,13H2,1H3/b21-18+. The monoisotopic (exact) mass is 303 g/mol. The maximum atomic E-state index is 5.98. The maximum Gasteiger partial charge on any atom is 0.314 e. The van der Waals surface area contributed by atoms with Gasteiger partial charge in [-0.2, -0.15) is 4.99 Å². The number of pyridine rings is 1. The molecule has 1 aliphatic heterocycles. The molecule has 3 aromatic rings. The molecule has 23 heavy (non-hydrogen) atoms. The third-order valence-electron chi connectivity index (χ3n) is 4.05. The van der Waals surface area contributed by atoms with Crippen LogP contribution in [0.15, 0.2) is 76.8 Å². The van der Waals surface area contributed by atoms with E-state index in [9.17, 15) is 0 Å². The molecule has 0 N–H and O–H groups in total. The summed E-state index contributed by atoms with van der Waals surface area (Å²) in [5, 5.41) is 2.43. The van der Waals surface area contributed by atoms with E-state index in [1.54, 1.807) is 0 Å². The van der Waals surface area contributed by atoms with Crippen molar-refractivity contribution in [3.8, 4) is 0 Å². The molecule has 4 nitrogen and oxygen atoms in total. The second kappa shape index (κ2) is 5.72. The van der Waals surface area contributed by atoms with E-state index in [1.807, 2.05) is 42.1 Å². The Hall–Kier alpha value is -2.88. The molecular weight excluding hydrogens is 286 g/mol. The number of rotatable bonds is 1. The Morgan fingerprint density at radius 2 is 1.87 bits per heavy atom. The molecule has 0 saturated carbocycles. The molecule has 2 heterocycles. The van der Waals surface area contributed by atoms with Gasteiger partial charge in [0.2, 0.25) is 0 Å². The van der Waals surface area contributed by atoms with Crippen molar-refractivity contribution in [3.63, 3.8) is 0 Å². The molecule has 1 aliphatic rings. The van der Waals surface area contributed by atoms with Crippen LogP contribution in [0.25, 0.3) is 10.8 Å². The lowest BCUT2D eigenvalue weighted by Crippen LogP contribution is -2.18. The molecule has 0 spiro atoms. The highest BCUT2D eigenvalue weighted by atomic mass is 16.5. The first-order valence-electron chi connectivity index (χ1n) is 7.66. The molecule has 4 rings (SSSR count). The number of amidine groups is 1. The maximum absolute atomic E-state index is 5.98. The minimum atomic E-state index is -0.0751. The zero-order valence-electron chi connectivity index (χ0n) is 12.9. The average Bonchev–Trinajstić information content (AvgIpc) is 3.05. The van der Waals surface area contributed by atoms with Gasteiger partial charge in [-0.25, -0.2) is 4.99 Å². The van der Waals surface area contributed by atoms with Crippen molar-refractivity contribution >= 4 is 16.8 Å². The van der Waals surface area contributed by atoms with Gasteiger partial charge in [0.25, 0.3) is 0 Å². The summed E-state index contributed by atoms with van der Waals surface area (Å²) in [6.45, 7) is 0.601. The summed E-state index contributed by atoms with van der Waals surface area (Å²) in [6.07, 6.45) is 1.88. The Kier molecular flexibility index (Phi) is 3.42. The summed E-state index contributed by atoms with van der Waals surface area (Å²) in [4.78, 5) is 8.96. The van der Waals surface area contributed by atoms with Crippen LogP contribution in [-0.4, -0.2) is 17.1 Å². The molecule has 2 aromatic carbocycles. The predicted octanol–water partition coefficient (Wildman–Crippen LogP) is 3.21. The topological polar surface area (TPSA) is 38.9 Å². The summed E-state index contributed by atoms with van der Waals surface area (Å²) < 4.78 is 7.93. The van der Waals surface area contributed by atoms with Gasteiger partial charge < -0.3 is 9.30 Å². The van der Waals surface area contributed by atoms with Crippen molar-refractivity contribution in [1.82, 2.24) is 4.57 Å². The number of ether oxygens (including phenoxy) is 1. The van der Waals surface area contributed by atoms with E-state index >= 15 is 0 Å². The quantitative estimate of drug-likeness (QED) is 0.680. The van der Waals surface area contributed by atoms with Crippen LogP contribution in [0, 0.1) is 0 Å². The molecule has 0 aliphatic carbocycles. The van der Waals surface area contributed by atoms with Crippen LogP contribution < -0.4 is 5.49 Å². The highest BCUT2D eigenvalue weighted by Crippen LogP contribution is 2.29. The summed E-state index contributed by atoms with van der Waals surface area (Å²) >= 11 is 0. The van der Waals surface area contributed by atoms with Gasteiger partial charge in [-0.3, -0.25) is 0 Å². The van der Waals surface area contributed by atoms with E-state index in [1.165, 1.54) is 10.8 Å². The molecule has 0 radical (unpaired) electrons. The molecule has 1 atom stereocenters. The van der Waals surface area contributed by atoms with E-state index in [4.69, 9.17) is 4.74 Å². The van der Waals surface area contributed by atoms with Gasteiger partial charge in [-0.05, 0) is 22.9 Å². The number of hydrogen-bond donors (Lipinski definition) is 0. The highest BCUT2D eigenvalue weighted by molar-refractivity contribution is 5.87. The summed E-state index contributed by atoms with van der Waals surface area (Å²) in [7, 11) is 1.95. The summed E-state index contributed by atoms with van der Waals surface area (Å²) in [5.41, 5.74) is 1.99. The molecule has 0 fully saturated rings. The third-order valence-corrected chi connectivity index (χ3v) is 4.05.